The third kappa shape index (κ3) is 3.54. The third-order valence-corrected chi connectivity index (χ3v) is 3.40. The van der Waals surface area contributed by atoms with Gasteiger partial charge in [-0.1, -0.05) is 34.1 Å². The zero-order valence-corrected chi connectivity index (χ0v) is 11.7. The van der Waals surface area contributed by atoms with E-state index in [1.807, 2.05) is 0 Å². The van der Waals surface area contributed by atoms with E-state index in [2.05, 4.69) is 15.9 Å². The van der Waals surface area contributed by atoms with Gasteiger partial charge in [0.25, 0.3) is 0 Å². The van der Waals surface area contributed by atoms with Crippen LogP contribution in [0.2, 0.25) is 0 Å². The van der Waals surface area contributed by atoms with Crippen LogP contribution in [-0.2, 0) is 21.9 Å². The lowest BCUT2D eigenvalue weighted by molar-refractivity contribution is -0.147. The number of hydrogen-bond donors (Lipinski definition) is 2. The van der Waals surface area contributed by atoms with Gasteiger partial charge in [-0.3, -0.25) is 4.79 Å². The highest BCUT2D eigenvalue weighted by atomic mass is 79.9. The Bertz CT molecular complexity index is 461. The highest BCUT2D eigenvalue weighted by Gasteiger charge is 2.21. The molecule has 1 unspecified atom stereocenters. The standard InChI is InChI=1S/C12H12BrClO4/c13-5-8(15)4-7-2-1-3-9(10(7)6-14)11(16)12(17)18/h1-3,11,16H,4-6H2,(H,17,18). The first-order chi connectivity index (χ1) is 8.51. The highest BCUT2D eigenvalue weighted by Crippen LogP contribution is 2.24. The van der Waals surface area contributed by atoms with Gasteiger partial charge >= 0.3 is 5.97 Å². The van der Waals surface area contributed by atoms with Crippen LogP contribution in [0.25, 0.3) is 0 Å². The van der Waals surface area contributed by atoms with Gasteiger partial charge in [0.05, 0.1) is 5.33 Å². The van der Waals surface area contributed by atoms with Gasteiger partial charge in [0.1, 0.15) is 5.78 Å². The number of carbonyl (C=O) groups excluding carboxylic acids is 1. The molecule has 4 nitrogen and oxygen atoms in total. The van der Waals surface area contributed by atoms with Crippen molar-refractivity contribution in [2.45, 2.75) is 18.4 Å². The van der Waals surface area contributed by atoms with Crippen LogP contribution in [0.3, 0.4) is 0 Å². The van der Waals surface area contributed by atoms with Gasteiger partial charge < -0.3 is 10.2 Å². The first kappa shape index (κ1) is 15.1. The summed E-state index contributed by atoms with van der Waals surface area (Å²) in [4.78, 5) is 22.2. The minimum Gasteiger partial charge on any atom is -0.479 e. The smallest absolute Gasteiger partial charge is 0.337 e. The van der Waals surface area contributed by atoms with Gasteiger partial charge in [-0.2, -0.15) is 0 Å². The third-order valence-electron chi connectivity index (χ3n) is 2.51. The minimum atomic E-state index is -1.63. The number of Topliss-reactive ketones (excluding diaryl/α,β-unsaturated/α-hetero) is 1. The van der Waals surface area contributed by atoms with Gasteiger partial charge in [0.2, 0.25) is 0 Å². The van der Waals surface area contributed by atoms with E-state index in [4.69, 9.17) is 16.7 Å². The van der Waals surface area contributed by atoms with Crippen LogP contribution in [-0.4, -0.2) is 27.3 Å². The largest absolute Gasteiger partial charge is 0.479 e. The number of halogens is 2. The molecule has 1 aromatic carbocycles. The van der Waals surface area contributed by atoms with E-state index in [9.17, 15) is 14.7 Å². The summed E-state index contributed by atoms with van der Waals surface area (Å²) in [5.41, 5.74) is 1.38. The number of carbonyl (C=O) groups is 2. The molecule has 0 aliphatic heterocycles. The molecular formula is C12H12BrClO4. The number of ketones is 1. The van der Waals surface area contributed by atoms with Crippen molar-refractivity contribution >= 4 is 39.3 Å². The van der Waals surface area contributed by atoms with Crippen LogP contribution < -0.4 is 0 Å². The van der Waals surface area contributed by atoms with E-state index in [1.54, 1.807) is 12.1 Å². The fraction of sp³-hybridized carbons (Fsp3) is 0.333. The van der Waals surface area contributed by atoms with Crippen LogP contribution in [0.5, 0.6) is 0 Å². The number of carboxylic acid groups (broad SMARTS) is 1. The Labute approximate surface area is 118 Å². The number of alkyl halides is 2. The second kappa shape index (κ2) is 6.87. The van der Waals surface area contributed by atoms with Crippen LogP contribution in [0, 0.1) is 0 Å². The molecule has 0 aliphatic carbocycles. The Kier molecular flexibility index (Phi) is 5.78. The molecule has 98 valence electrons. The van der Waals surface area contributed by atoms with Crippen molar-refractivity contribution in [1.29, 1.82) is 0 Å². The molecule has 2 N–H and O–H groups in total. The lowest BCUT2D eigenvalue weighted by atomic mass is 9.95. The lowest BCUT2D eigenvalue weighted by Crippen LogP contribution is -2.14. The SMILES string of the molecule is O=C(CBr)Cc1cccc(C(O)C(=O)O)c1CCl. The normalized spacial score (nSPS) is 12.2. The number of hydrogen-bond acceptors (Lipinski definition) is 3. The maximum absolute atomic E-state index is 11.4. The number of benzene rings is 1. The van der Waals surface area contributed by atoms with Crippen molar-refractivity contribution in [2.75, 3.05) is 5.33 Å². The molecular weight excluding hydrogens is 323 g/mol. The maximum atomic E-state index is 11.4. The van der Waals surface area contributed by atoms with E-state index < -0.39 is 12.1 Å². The Hall–Kier alpha value is -0.910. The molecule has 1 rings (SSSR count). The molecule has 0 heterocycles. The molecule has 0 saturated heterocycles. The molecule has 0 aromatic heterocycles. The van der Waals surface area contributed by atoms with Crippen molar-refractivity contribution in [3.8, 4) is 0 Å². The summed E-state index contributed by atoms with van der Waals surface area (Å²) in [6.07, 6.45) is -1.47. The van der Waals surface area contributed by atoms with Crippen LogP contribution in [0.1, 0.15) is 22.8 Å². The Morgan fingerprint density at radius 2 is 2.06 bits per heavy atom. The van der Waals surface area contributed by atoms with Gasteiger partial charge in [-0.15, -0.1) is 11.6 Å². The first-order valence-electron chi connectivity index (χ1n) is 5.16. The highest BCUT2D eigenvalue weighted by molar-refractivity contribution is 9.09. The number of aliphatic hydroxyl groups is 1. The number of aliphatic carboxylic acids is 1. The summed E-state index contributed by atoms with van der Waals surface area (Å²) < 4.78 is 0. The Morgan fingerprint density at radius 3 is 2.56 bits per heavy atom. The van der Waals surface area contributed by atoms with E-state index in [1.165, 1.54) is 6.07 Å². The quantitative estimate of drug-likeness (QED) is 0.780. The molecule has 0 fully saturated rings. The fourth-order valence-electron chi connectivity index (χ4n) is 1.63. The maximum Gasteiger partial charge on any atom is 0.337 e. The zero-order valence-electron chi connectivity index (χ0n) is 9.40. The van der Waals surface area contributed by atoms with Crippen LogP contribution >= 0.6 is 27.5 Å². The average Bonchev–Trinajstić information content (AvgIpc) is 2.37. The second-order valence-corrected chi connectivity index (χ2v) is 4.54. The fourth-order valence-corrected chi connectivity index (χ4v) is 2.16. The average molecular weight is 336 g/mol. The predicted molar refractivity (Wildman–Crippen MR) is 71.1 cm³/mol. The lowest BCUT2D eigenvalue weighted by Gasteiger charge is -2.14. The second-order valence-electron chi connectivity index (χ2n) is 3.71. The van der Waals surface area contributed by atoms with Crippen LogP contribution in [0.4, 0.5) is 0 Å². The molecule has 0 spiro atoms. The summed E-state index contributed by atoms with van der Waals surface area (Å²) in [6, 6.07) is 4.81. The monoisotopic (exact) mass is 334 g/mol. The van der Waals surface area contributed by atoms with Crippen LogP contribution in [0.15, 0.2) is 18.2 Å². The van der Waals surface area contributed by atoms with Gasteiger partial charge in [-0.05, 0) is 16.7 Å². The summed E-state index contributed by atoms with van der Waals surface area (Å²) in [7, 11) is 0. The van der Waals surface area contributed by atoms with Gasteiger partial charge in [-0.25, -0.2) is 4.79 Å². The van der Waals surface area contributed by atoms with E-state index >= 15 is 0 Å². The van der Waals surface area contributed by atoms with Crippen molar-refractivity contribution in [1.82, 2.24) is 0 Å². The van der Waals surface area contributed by atoms with Crippen molar-refractivity contribution in [2.24, 2.45) is 0 Å². The molecule has 0 amide bonds. The number of rotatable bonds is 6. The summed E-state index contributed by atoms with van der Waals surface area (Å²) >= 11 is 8.85. The summed E-state index contributed by atoms with van der Waals surface area (Å²) in [6.45, 7) is 0. The van der Waals surface area contributed by atoms with Gasteiger partial charge in [0.15, 0.2) is 6.10 Å². The van der Waals surface area contributed by atoms with E-state index in [0.717, 1.165) is 0 Å². The van der Waals surface area contributed by atoms with Crippen molar-refractivity contribution < 1.29 is 19.8 Å². The molecule has 0 radical (unpaired) electrons. The molecule has 1 atom stereocenters. The predicted octanol–water partition coefficient (Wildman–Crippen LogP) is 2.05. The minimum absolute atomic E-state index is 0.0386. The van der Waals surface area contributed by atoms with E-state index in [0.29, 0.717) is 11.1 Å². The molecule has 6 heteroatoms. The Morgan fingerprint density at radius 1 is 1.39 bits per heavy atom. The van der Waals surface area contributed by atoms with Crippen molar-refractivity contribution in [3.63, 3.8) is 0 Å². The van der Waals surface area contributed by atoms with Gasteiger partial charge in [0, 0.05) is 12.3 Å². The summed E-state index contributed by atoms with van der Waals surface area (Å²) in [5.74, 6) is -1.33. The topological polar surface area (TPSA) is 74.6 Å². The zero-order chi connectivity index (χ0) is 13.7. The molecule has 18 heavy (non-hydrogen) atoms. The summed E-state index contributed by atoms with van der Waals surface area (Å²) in [5, 5.41) is 18.6. The number of aliphatic hydroxyl groups excluding tert-OH is 1. The molecule has 1 aromatic rings. The molecule has 0 saturated carbocycles. The van der Waals surface area contributed by atoms with Crippen molar-refractivity contribution in [3.05, 3.63) is 34.9 Å². The first-order valence-corrected chi connectivity index (χ1v) is 6.82. The molecule has 0 aliphatic rings. The molecule has 0 bridgehead atoms. The number of carboxylic acids is 1. The van der Waals surface area contributed by atoms with E-state index in [-0.39, 0.29) is 29.0 Å². The Balaban J connectivity index is 3.17.